The van der Waals surface area contributed by atoms with Crippen LogP contribution in [0, 0.1) is 5.82 Å². The van der Waals surface area contributed by atoms with Gasteiger partial charge in [0.05, 0.1) is 28.1 Å². The normalized spacial score (nSPS) is 18.8. The van der Waals surface area contributed by atoms with Crippen LogP contribution in [-0.2, 0) is 4.79 Å². The Morgan fingerprint density at radius 1 is 1.26 bits per heavy atom. The number of pyridine rings is 1. The number of aromatic hydroxyl groups is 1. The van der Waals surface area contributed by atoms with Crippen molar-refractivity contribution in [2.75, 3.05) is 23.7 Å². The first-order valence-electron chi connectivity index (χ1n) is 10.7. The summed E-state index contributed by atoms with van der Waals surface area (Å²) in [7, 11) is 0. The number of aromatic nitrogens is 1. The molecule has 0 radical (unpaired) electrons. The Labute approximate surface area is 204 Å². The maximum absolute atomic E-state index is 15.7. The summed E-state index contributed by atoms with van der Waals surface area (Å²) in [5.41, 5.74) is 0.662. The molecule has 2 aromatic carbocycles. The lowest BCUT2D eigenvalue weighted by atomic mass is 9.83. The summed E-state index contributed by atoms with van der Waals surface area (Å²) in [5, 5.41) is 28.0. The number of benzene rings is 2. The van der Waals surface area contributed by atoms with E-state index in [1.165, 1.54) is 30.5 Å². The van der Waals surface area contributed by atoms with Crippen molar-refractivity contribution in [3.05, 3.63) is 59.0 Å². The summed E-state index contributed by atoms with van der Waals surface area (Å²) in [6.45, 7) is 4.40. The quantitative estimate of drug-likeness (QED) is 0.377. The number of anilines is 2. The maximum atomic E-state index is 15.7. The average molecular weight is 503 g/mol. The third kappa shape index (κ3) is 3.53. The lowest BCUT2D eigenvalue weighted by Gasteiger charge is -2.48. The van der Waals surface area contributed by atoms with E-state index in [0.717, 1.165) is 0 Å². The van der Waals surface area contributed by atoms with Crippen molar-refractivity contribution < 1.29 is 19.4 Å². The van der Waals surface area contributed by atoms with Crippen LogP contribution in [0.2, 0.25) is 10.0 Å². The number of hydrogen-bond donors (Lipinski definition) is 4. The number of piperidine rings is 1. The lowest BCUT2D eigenvalue weighted by molar-refractivity contribution is -0.127. The van der Waals surface area contributed by atoms with Crippen LogP contribution in [0.1, 0.15) is 12.8 Å². The summed E-state index contributed by atoms with van der Waals surface area (Å²) in [5.74, 6) is -0.905. The standard InChI is InChI=1S/C24H21Cl2FN4O3/c1-2-18(33)31-7-5-24(6-8-31)23(34)29-17-11-28-22-14(21(17)30-24)10-16(26)19(20(22)27)13-9-12(32)3-4-15(13)25/h2-4,9-11,23,29-30,32,34H,1,5-8H2. The molecule has 7 nitrogen and oxygen atoms in total. The van der Waals surface area contributed by atoms with E-state index in [1.54, 1.807) is 11.0 Å². The van der Waals surface area contributed by atoms with Gasteiger partial charge in [0, 0.05) is 34.6 Å². The molecular weight excluding hydrogens is 482 g/mol. The molecule has 10 heteroatoms. The van der Waals surface area contributed by atoms with Crippen molar-refractivity contribution >= 4 is 51.4 Å². The van der Waals surface area contributed by atoms with E-state index in [2.05, 4.69) is 22.2 Å². The number of aliphatic hydroxyl groups excluding tert-OH is 1. The molecule has 1 fully saturated rings. The average Bonchev–Trinajstić information content (AvgIpc) is 2.82. The zero-order valence-corrected chi connectivity index (χ0v) is 19.4. The van der Waals surface area contributed by atoms with E-state index < -0.39 is 17.6 Å². The van der Waals surface area contributed by atoms with Crippen LogP contribution in [0.4, 0.5) is 15.8 Å². The molecule has 1 unspecified atom stereocenters. The Bertz CT molecular complexity index is 1340. The number of nitrogens with zero attached hydrogens (tertiary/aromatic N) is 2. The molecular formula is C24H21Cl2FN4O3. The molecule has 1 saturated heterocycles. The molecule has 1 aromatic heterocycles. The van der Waals surface area contributed by atoms with Crippen LogP contribution in [0.25, 0.3) is 22.0 Å². The molecule has 1 amide bonds. The van der Waals surface area contributed by atoms with E-state index in [4.69, 9.17) is 23.2 Å². The van der Waals surface area contributed by atoms with E-state index in [-0.39, 0.29) is 38.3 Å². The summed E-state index contributed by atoms with van der Waals surface area (Å²) < 4.78 is 15.7. The van der Waals surface area contributed by atoms with Gasteiger partial charge >= 0.3 is 0 Å². The zero-order valence-electron chi connectivity index (χ0n) is 17.9. The number of amides is 1. The van der Waals surface area contributed by atoms with E-state index >= 15 is 4.39 Å². The number of fused-ring (bicyclic) bond motifs is 3. The second kappa shape index (κ2) is 8.30. The molecule has 2 aliphatic rings. The molecule has 1 atom stereocenters. The Kier molecular flexibility index (Phi) is 5.55. The van der Waals surface area contributed by atoms with Gasteiger partial charge in [-0.05, 0) is 43.2 Å². The molecule has 0 saturated carbocycles. The summed E-state index contributed by atoms with van der Waals surface area (Å²) >= 11 is 12.8. The Balaban J connectivity index is 1.59. The Hall–Kier alpha value is -3.07. The summed E-state index contributed by atoms with van der Waals surface area (Å²) in [4.78, 5) is 17.9. The molecule has 2 aliphatic heterocycles. The summed E-state index contributed by atoms with van der Waals surface area (Å²) in [6.07, 6.45) is 2.72. The smallest absolute Gasteiger partial charge is 0.245 e. The Morgan fingerprint density at radius 2 is 2.00 bits per heavy atom. The molecule has 5 rings (SSSR count). The third-order valence-electron chi connectivity index (χ3n) is 6.60. The number of aliphatic hydroxyl groups is 1. The van der Waals surface area contributed by atoms with Gasteiger partial charge in [0.2, 0.25) is 5.91 Å². The van der Waals surface area contributed by atoms with Gasteiger partial charge < -0.3 is 25.7 Å². The second-order valence-corrected chi connectivity index (χ2v) is 9.33. The van der Waals surface area contributed by atoms with Crippen molar-refractivity contribution in [2.24, 2.45) is 0 Å². The molecule has 34 heavy (non-hydrogen) atoms. The van der Waals surface area contributed by atoms with Crippen LogP contribution in [0.5, 0.6) is 5.75 Å². The van der Waals surface area contributed by atoms with Crippen LogP contribution in [0.3, 0.4) is 0 Å². The van der Waals surface area contributed by atoms with Gasteiger partial charge in [0.15, 0.2) is 5.82 Å². The summed E-state index contributed by atoms with van der Waals surface area (Å²) in [6, 6.07) is 5.81. The minimum absolute atomic E-state index is 0.0391. The van der Waals surface area contributed by atoms with Gasteiger partial charge in [0.1, 0.15) is 17.5 Å². The SMILES string of the molecule is C=CC(=O)N1CCC2(CC1)Nc1c(cnc3c(F)c(-c4cc(O)ccc4Cl)c(Cl)cc13)NC2O. The first kappa shape index (κ1) is 22.7. The number of halogens is 3. The predicted octanol–water partition coefficient (Wildman–Crippen LogP) is 4.76. The minimum atomic E-state index is -0.939. The number of phenolic OH excluding ortho intramolecular Hbond substituents is 1. The monoisotopic (exact) mass is 502 g/mol. The van der Waals surface area contributed by atoms with Crippen molar-refractivity contribution in [1.29, 1.82) is 0 Å². The van der Waals surface area contributed by atoms with Crippen molar-refractivity contribution in [1.82, 2.24) is 9.88 Å². The number of phenols is 1. The highest BCUT2D eigenvalue weighted by molar-refractivity contribution is 6.37. The molecule has 3 heterocycles. The highest BCUT2D eigenvalue weighted by Crippen LogP contribution is 2.46. The predicted molar refractivity (Wildman–Crippen MR) is 131 cm³/mol. The number of carbonyl (C=O) groups excluding carboxylic acids is 1. The number of carbonyl (C=O) groups is 1. The number of rotatable bonds is 2. The highest BCUT2D eigenvalue weighted by atomic mass is 35.5. The van der Waals surface area contributed by atoms with Gasteiger partial charge in [-0.3, -0.25) is 9.78 Å². The number of likely N-dealkylation sites (tertiary alicyclic amines) is 1. The van der Waals surface area contributed by atoms with Crippen molar-refractivity contribution in [3.8, 4) is 16.9 Å². The van der Waals surface area contributed by atoms with Crippen LogP contribution in [0.15, 0.2) is 43.1 Å². The largest absolute Gasteiger partial charge is 0.508 e. The van der Waals surface area contributed by atoms with E-state index in [9.17, 15) is 15.0 Å². The highest BCUT2D eigenvalue weighted by Gasteiger charge is 2.45. The van der Waals surface area contributed by atoms with Gasteiger partial charge in [0.25, 0.3) is 0 Å². The molecule has 4 N–H and O–H groups in total. The fourth-order valence-corrected chi connectivity index (χ4v) is 5.22. The van der Waals surface area contributed by atoms with Crippen molar-refractivity contribution in [2.45, 2.75) is 24.6 Å². The Morgan fingerprint density at radius 3 is 2.71 bits per heavy atom. The topological polar surface area (TPSA) is 97.7 Å². The molecule has 0 aliphatic carbocycles. The molecule has 3 aromatic rings. The zero-order chi connectivity index (χ0) is 24.2. The van der Waals surface area contributed by atoms with Crippen LogP contribution < -0.4 is 10.6 Å². The number of nitrogens with one attached hydrogen (secondary N) is 2. The fourth-order valence-electron chi connectivity index (χ4n) is 4.72. The first-order valence-corrected chi connectivity index (χ1v) is 11.4. The maximum Gasteiger partial charge on any atom is 0.245 e. The third-order valence-corrected chi connectivity index (χ3v) is 7.23. The van der Waals surface area contributed by atoms with Crippen LogP contribution in [-0.4, -0.2) is 50.9 Å². The fraction of sp³-hybridized carbons (Fsp3) is 0.250. The van der Waals surface area contributed by atoms with Gasteiger partial charge in [-0.1, -0.05) is 29.8 Å². The van der Waals surface area contributed by atoms with Gasteiger partial charge in [-0.2, -0.15) is 0 Å². The van der Waals surface area contributed by atoms with E-state index in [1.807, 2.05) is 0 Å². The first-order chi connectivity index (χ1) is 16.2. The van der Waals surface area contributed by atoms with E-state index in [0.29, 0.717) is 42.7 Å². The van der Waals surface area contributed by atoms with Gasteiger partial charge in [-0.15, -0.1) is 0 Å². The van der Waals surface area contributed by atoms with Crippen molar-refractivity contribution in [3.63, 3.8) is 0 Å². The lowest BCUT2D eigenvalue weighted by Crippen LogP contribution is -2.61. The molecule has 0 bridgehead atoms. The van der Waals surface area contributed by atoms with Gasteiger partial charge in [-0.25, -0.2) is 4.39 Å². The minimum Gasteiger partial charge on any atom is -0.508 e. The molecule has 1 spiro atoms. The number of hydrogen-bond acceptors (Lipinski definition) is 6. The molecule has 176 valence electrons. The van der Waals surface area contributed by atoms with Crippen LogP contribution >= 0.6 is 23.2 Å². The second-order valence-electron chi connectivity index (χ2n) is 8.51.